The zero-order chi connectivity index (χ0) is 29.2. The van der Waals surface area contributed by atoms with Crippen LogP contribution >= 0.6 is 0 Å². The molecule has 0 aliphatic rings. The number of hydrogen-bond acceptors (Lipinski definition) is 8. The van der Waals surface area contributed by atoms with E-state index in [4.69, 9.17) is 20.6 Å². The predicted molar refractivity (Wildman–Crippen MR) is 144 cm³/mol. The summed E-state index contributed by atoms with van der Waals surface area (Å²) >= 11 is 0. The van der Waals surface area contributed by atoms with E-state index in [1.165, 1.54) is 6.92 Å². The second kappa shape index (κ2) is 17.8. The largest absolute Gasteiger partial charge is 0.461 e. The Labute approximate surface area is 232 Å². The molecule has 40 heavy (non-hydrogen) atoms. The standard InChI is InChI=1S/C29H33N3O8/c1-3-16-38-20-25(31-21(2)33)29(37)32-24(14-15-26(34)39-18-22-10-6-4-7-11-22)28(36)30-17-27(35)40-19-23-12-8-5-9-13-23/h1,4-13,24-25H,14-20H2,2H3,(H,30,36)(H,31,33)(H,32,37)/t24-,25-/m0/s1. The second-order valence-corrected chi connectivity index (χ2v) is 8.58. The minimum atomic E-state index is -1.23. The average Bonchev–Trinajstić information content (AvgIpc) is 2.96. The number of nitrogens with one attached hydrogen (secondary N) is 3. The number of carbonyl (C=O) groups is 5. The van der Waals surface area contributed by atoms with Gasteiger partial charge in [-0.15, -0.1) is 6.42 Å². The molecular formula is C29H33N3O8. The molecule has 0 aliphatic heterocycles. The zero-order valence-corrected chi connectivity index (χ0v) is 22.2. The average molecular weight is 552 g/mol. The number of rotatable bonds is 16. The lowest BCUT2D eigenvalue weighted by Crippen LogP contribution is -2.55. The SMILES string of the molecule is C#CCOC[C@H](NC(C)=O)C(=O)N[C@@H](CCC(=O)OCc1ccccc1)C(=O)NCC(=O)OCc1ccccc1. The van der Waals surface area contributed by atoms with Crippen LogP contribution in [-0.4, -0.2) is 61.5 Å². The zero-order valence-electron chi connectivity index (χ0n) is 22.2. The molecule has 3 amide bonds. The van der Waals surface area contributed by atoms with Crippen molar-refractivity contribution in [2.45, 2.75) is 45.1 Å². The molecular weight excluding hydrogens is 518 g/mol. The second-order valence-electron chi connectivity index (χ2n) is 8.58. The number of hydrogen-bond donors (Lipinski definition) is 3. The Kier molecular flexibility index (Phi) is 14.0. The first-order valence-corrected chi connectivity index (χ1v) is 12.5. The van der Waals surface area contributed by atoms with E-state index >= 15 is 0 Å². The van der Waals surface area contributed by atoms with Gasteiger partial charge in [0.05, 0.1) is 6.61 Å². The molecule has 2 rings (SSSR count). The summed E-state index contributed by atoms with van der Waals surface area (Å²) in [6.07, 6.45) is 4.81. The highest BCUT2D eigenvalue weighted by atomic mass is 16.5. The van der Waals surface area contributed by atoms with Crippen molar-refractivity contribution in [2.75, 3.05) is 19.8 Å². The molecule has 11 nitrogen and oxygen atoms in total. The van der Waals surface area contributed by atoms with Gasteiger partial charge in [-0.1, -0.05) is 66.6 Å². The molecule has 0 fully saturated rings. The van der Waals surface area contributed by atoms with Crippen LogP contribution < -0.4 is 16.0 Å². The molecule has 0 aromatic heterocycles. The Bertz CT molecular complexity index is 1160. The van der Waals surface area contributed by atoms with Crippen LogP contribution in [0.15, 0.2) is 60.7 Å². The maximum absolute atomic E-state index is 12.9. The highest BCUT2D eigenvalue weighted by molar-refractivity contribution is 5.93. The summed E-state index contributed by atoms with van der Waals surface area (Å²) in [5, 5.41) is 7.34. The van der Waals surface area contributed by atoms with Crippen LogP contribution in [-0.2, 0) is 51.4 Å². The fraction of sp³-hybridized carbons (Fsp3) is 0.345. The maximum atomic E-state index is 12.9. The lowest BCUT2D eigenvalue weighted by Gasteiger charge is -2.22. The number of terminal acetylenes is 1. The van der Waals surface area contributed by atoms with Crippen LogP contribution in [0.25, 0.3) is 0 Å². The van der Waals surface area contributed by atoms with Crippen molar-refractivity contribution in [3.63, 3.8) is 0 Å². The molecule has 11 heteroatoms. The van der Waals surface area contributed by atoms with Gasteiger partial charge in [0.1, 0.15) is 38.4 Å². The van der Waals surface area contributed by atoms with E-state index in [2.05, 4.69) is 21.9 Å². The fourth-order valence-corrected chi connectivity index (χ4v) is 3.35. The molecule has 0 unspecified atom stereocenters. The third-order valence-corrected chi connectivity index (χ3v) is 5.33. The van der Waals surface area contributed by atoms with Crippen molar-refractivity contribution < 1.29 is 38.2 Å². The summed E-state index contributed by atoms with van der Waals surface area (Å²) in [7, 11) is 0. The van der Waals surface area contributed by atoms with Crippen molar-refractivity contribution >= 4 is 29.7 Å². The lowest BCUT2D eigenvalue weighted by molar-refractivity contribution is -0.147. The lowest BCUT2D eigenvalue weighted by atomic mass is 10.1. The molecule has 2 aromatic carbocycles. The van der Waals surface area contributed by atoms with E-state index < -0.39 is 48.3 Å². The van der Waals surface area contributed by atoms with Crippen LogP contribution in [0, 0.1) is 12.3 Å². The molecule has 0 saturated heterocycles. The van der Waals surface area contributed by atoms with Gasteiger partial charge < -0.3 is 30.2 Å². The maximum Gasteiger partial charge on any atom is 0.325 e. The van der Waals surface area contributed by atoms with Gasteiger partial charge in [-0.05, 0) is 17.5 Å². The highest BCUT2D eigenvalue weighted by Crippen LogP contribution is 2.06. The number of amides is 3. The third kappa shape index (κ3) is 12.7. The fourth-order valence-electron chi connectivity index (χ4n) is 3.35. The minimum absolute atomic E-state index is 0.0268. The van der Waals surface area contributed by atoms with Gasteiger partial charge in [0.25, 0.3) is 0 Å². The molecule has 0 aliphatic carbocycles. The molecule has 3 N–H and O–H groups in total. The van der Waals surface area contributed by atoms with Crippen molar-refractivity contribution in [1.82, 2.24) is 16.0 Å². The molecule has 0 heterocycles. The van der Waals surface area contributed by atoms with E-state index in [1.54, 1.807) is 36.4 Å². The molecule has 0 saturated carbocycles. The van der Waals surface area contributed by atoms with Crippen LogP contribution in [0.2, 0.25) is 0 Å². The topological polar surface area (TPSA) is 149 Å². The van der Waals surface area contributed by atoms with E-state index in [0.717, 1.165) is 11.1 Å². The van der Waals surface area contributed by atoms with Crippen molar-refractivity contribution in [3.05, 3.63) is 71.8 Å². The summed E-state index contributed by atoms with van der Waals surface area (Å²) in [5.74, 6) is -1.000. The Morgan fingerprint density at radius 2 is 1.38 bits per heavy atom. The quantitative estimate of drug-likeness (QED) is 0.159. The number of ether oxygens (including phenoxy) is 3. The van der Waals surface area contributed by atoms with Gasteiger partial charge in [-0.25, -0.2) is 0 Å². The smallest absolute Gasteiger partial charge is 0.325 e. The predicted octanol–water partition coefficient (Wildman–Crippen LogP) is 1.01. The van der Waals surface area contributed by atoms with Gasteiger partial charge in [0.2, 0.25) is 17.7 Å². The minimum Gasteiger partial charge on any atom is -0.461 e. The monoisotopic (exact) mass is 551 g/mol. The van der Waals surface area contributed by atoms with Crippen LogP contribution in [0.5, 0.6) is 0 Å². The Balaban J connectivity index is 1.98. The molecule has 212 valence electrons. The molecule has 2 atom stereocenters. The summed E-state index contributed by atoms with van der Waals surface area (Å²) in [6.45, 7) is 0.499. The van der Waals surface area contributed by atoms with E-state index in [0.29, 0.717) is 0 Å². The summed E-state index contributed by atoms with van der Waals surface area (Å²) in [4.78, 5) is 61.9. The third-order valence-electron chi connectivity index (χ3n) is 5.33. The highest BCUT2D eigenvalue weighted by Gasteiger charge is 2.27. The summed E-state index contributed by atoms with van der Waals surface area (Å²) in [5.41, 5.74) is 1.56. The molecule has 0 spiro atoms. The number of benzene rings is 2. The molecule has 2 aromatic rings. The Hall–Kier alpha value is -4.69. The van der Waals surface area contributed by atoms with Gasteiger partial charge >= 0.3 is 11.9 Å². The summed E-state index contributed by atoms with van der Waals surface area (Å²) in [6, 6.07) is 15.7. The first-order valence-electron chi connectivity index (χ1n) is 12.5. The van der Waals surface area contributed by atoms with Gasteiger partial charge in [0.15, 0.2) is 0 Å². The van der Waals surface area contributed by atoms with Crippen LogP contribution in [0.1, 0.15) is 30.9 Å². The van der Waals surface area contributed by atoms with Gasteiger partial charge in [0, 0.05) is 13.3 Å². The molecule has 0 bridgehead atoms. The first kappa shape index (κ1) is 31.5. The normalized spacial score (nSPS) is 11.7. The van der Waals surface area contributed by atoms with Gasteiger partial charge in [-0.2, -0.15) is 0 Å². The first-order chi connectivity index (χ1) is 19.3. The van der Waals surface area contributed by atoms with Gasteiger partial charge in [-0.3, -0.25) is 24.0 Å². The van der Waals surface area contributed by atoms with Crippen molar-refractivity contribution in [2.24, 2.45) is 0 Å². The Morgan fingerprint density at radius 3 is 1.93 bits per heavy atom. The van der Waals surface area contributed by atoms with E-state index in [9.17, 15) is 24.0 Å². The van der Waals surface area contributed by atoms with Crippen molar-refractivity contribution in [1.29, 1.82) is 0 Å². The summed E-state index contributed by atoms with van der Waals surface area (Å²) < 4.78 is 15.6. The number of esters is 2. The Morgan fingerprint density at radius 1 is 0.800 bits per heavy atom. The van der Waals surface area contributed by atoms with Crippen molar-refractivity contribution in [3.8, 4) is 12.3 Å². The molecule has 0 radical (unpaired) electrons. The van der Waals surface area contributed by atoms with E-state index in [1.807, 2.05) is 24.3 Å². The number of carbonyl (C=O) groups excluding carboxylic acids is 5. The van der Waals surface area contributed by atoms with Crippen LogP contribution in [0.4, 0.5) is 0 Å². The van der Waals surface area contributed by atoms with E-state index in [-0.39, 0.29) is 39.3 Å². The van der Waals surface area contributed by atoms with Crippen LogP contribution in [0.3, 0.4) is 0 Å².